The molecular weight excluding hydrogens is 536 g/mol. The number of carboxylic acid groups (broad SMARTS) is 2. The maximum absolute atomic E-state index is 13.5. The van der Waals surface area contributed by atoms with Crippen molar-refractivity contribution in [1.82, 2.24) is 4.90 Å². The van der Waals surface area contributed by atoms with Crippen molar-refractivity contribution in [3.05, 3.63) is 83.9 Å². The molecule has 0 aliphatic carbocycles. The van der Waals surface area contributed by atoms with E-state index in [2.05, 4.69) is 17.5 Å². The molecule has 1 heterocycles. The van der Waals surface area contributed by atoms with Gasteiger partial charge in [0.15, 0.2) is 0 Å². The molecule has 1 fully saturated rings. The van der Waals surface area contributed by atoms with Crippen LogP contribution in [0.2, 0.25) is 5.02 Å². The number of halogens is 1. The Morgan fingerprint density at radius 2 is 1.65 bits per heavy atom. The Kier molecular flexibility index (Phi) is 12.9. The number of para-hydroxylation sites is 2. The smallest absolute Gasteiger partial charge is 0.328 e. The minimum absolute atomic E-state index is 0.124. The molecule has 0 radical (unpaired) electrons. The highest BCUT2D eigenvalue weighted by molar-refractivity contribution is 6.31. The fourth-order valence-corrected chi connectivity index (χ4v) is 4.70. The Balaban J connectivity index is 0.000000611. The first kappa shape index (κ1) is 32.6. The third kappa shape index (κ3) is 9.51. The number of aliphatic hydroxyl groups is 1. The van der Waals surface area contributed by atoms with Crippen molar-refractivity contribution in [3.8, 4) is 5.75 Å². The predicted molar refractivity (Wildman–Crippen MR) is 155 cm³/mol. The molecule has 0 bridgehead atoms. The van der Waals surface area contributed by atoms with E-state index in [4.69, 9.17) is 26.6 Å². The molecule has 2 aromatic carbocycles. The fraction of sp³-hybridized carbons (Fsp3) is 0.367. The molecule has 10 heteroatoms. The van der Waals surface area contributed by atoms with Crippen LogP contribution in [-0.2, 0) is 20.8 Å². The van der Waals surface area contributed by atoms with Crippen LogP contribution in [0.1, 0.15) is 25.3 Å². The Morgan fingerprint density at radius 1 is 1.07 bits per heavy atom. The van der Waals surface area contributed by atoms with Crippen molar-refractivity contribution in [3.63, 3.8) is 0 Å². The van der Waals surface area contributed by atoms with Gasteiger partial charge in [-0.25, -0.2) is 9.59 Å². The van der Waals surface area contributed by atoms with Gasteiger partial charge in [-0.2, -0.15) is 0 Å². The van der Waals surface area contributed by atoms with Crippen LogP contribution in [0.3, 0.4) is 0 Å². The molecule has 0 aromatic heterocycles. The number of hydrogen-bond acceptors (Lipinski definition) is 6. The van der Waals surface area contributed by atoms with E-state index in [1.54, 1.807) is 18.1 Å². The lowest BCUT2D eigenvalue weighted by molar-refractivity contribution is -0.135. The van der Waals surface area contributed by atoms with Crippen molar-refractivity contribution < 1.29 is 34.4 Å². The summed E-state index contributed by atoms with van der Waals surface area (Å²) in [7, 11) is 1.59. The Labute approximate surface area is 239 Å². The number of piperidine rings is 1. The Hall–Kier alpha value is -3.66. The molecule has 1 atom stereocenters. The second kappa shape index (κ2) is 15.8. The number of anilines is 1. The number of carbonyl (C=O) groups is 3. The van der Waals surface area contributed by atoms with Crippen LogP contribution in [0, 0.1) is 5.92 Å². The minimum Gasteiger partial charge on any atom is -0.495 e. The first-order chi connectivity index (χ1) is 19.0. The largest absolute Gasteiger partial charge is 0.495 e. The SMILES string of the molecule is C=CCN(C(=O)C(C)C1(O)CCN(CCc2ccccc2Cl)CC1)c1ccccc1OC.O=C(O)/C=C\C(=O)O. The first-order valence-electron chi connectivity index (χ1n) is 12.9. The van der Waals surface area contributed by atoms with Gasteiger partial charge in [-0.3, -0.25) is 4.79 Å². The van der Waals surface area contributed by atoms with Crippen LogP contribution in [0.5, 0.6) is 5.75 Å². The van der Waals surface area contributed by atoms with Gasteiger partial charge in [-0.15, -0.1) is 6.58 Å². The molecule has 0 saturated carbocycles. The highest BCUT2D eigenvalue weighted by Crippen LogP contribution is 2.35. The lowest BCUT2D eigenvalue weighted by Gasteiger charge is -2.42. The molecule has 3 rings (SSSR count). The van der Waals surface area contributed by atoms with Crippen molar-refractivity contribution >= 4 is 35.1 Å². The average Bonchev–Trinajstić information content (AvgIpc) is 2.95. The molecule has 9 nitrogen and oxygen atoms in total. The van der Waals surface area contributed by atoms with Crippen molar-refractivity contribution in [2.75, 3.05) is 38.2 Å². The number of nitrogens with zero attached hydrogens (tertiary/aromatic N) is 2. The summed E-state index contributed by atoms with van der Waals surface area (Å²) in [5, 5.41) is 27.8. The van der Waals surface area contributed by atoms with E-state index in [0.29, 0.717) is 43.0 Å². The van der Waals surface area contributed by atoms with Crippen LogP contribution in [-0.4, -0.2) is 77.0 Å². The number of aliphatic carboxylic acids is 2. The monoisotopic (exact) mass is 572 g/mol. The van der Waals surface area contributed by atoms with E-state index in [-0.39, 0.29) is 5.91 Å². The highest BCUT2D eigenvalue weighted by Gasteiger charge is 2.42. The number of carboxylic acids is 2. The molecule has 1 unspecified atom stereocenters. The van der Waals surface area contributed by atoms with Crippen molar-refractivity contribution in [2.45, 2.75) is 31.8 Å². The predicted octanol–water partition coefficient (Wildman–Crippen LogP) is 4.29. The van der Waals surface area contributed by atoms with Crippen LogP contribution in [0.25, 0.3) is 0 Å². The van der Waals surface area contributed by atoms with Gasteiger partial charge in [0.25, 0.3) is 0 Å². The summed E-state index contributed by atoms with van der Waals surface area (Å²) in [5.41, 5.74) is 0.780. The zero-order valence-corrected chi connectivity index (χ0v) is 23.6. The third-order valence-corrected chi connectivity index (χ3v) is 7.24. The van der Waals surface area contributed by atoms with Crippen LogP contribution >= 0.6 is 11.6 Å². The molecule has 1 saturated heterocycles. The standard InChI is InChI=1S/C26H33ClN2O3.C4H4O4/c1-4-16-29(23-11-7-8-12-24(23)32-3)25(30)20(2)26(31)14-18-28(19-15-26)17-13-21-9-5-6-10-22(21)27;5-3(6)1-2-4(7)8/h4-12,20,31H,1,13-19H2,2-3H3;1-2H,(H,5,6)(H,7,8)/b;2-1-. The summed E-state index contributed by atoms with van der Waals surface area (Å²) in [6, 6.07) is 15.3. The molecule has 1 aliphatic rings. The van der Waals surface area contributed by atoms with Gasteiger partial charge < -0.3 is 29.9 Å². The number of amides is 1. The maximum atomic E-state index is 13.5. The number of benzene rings is 2. The fourth-order valence-electron chi connectivity index (χ4n) is 4.47. The average molecular weight is 573 g/mol. The van der Waals surface area contributed by atoms with E-state index in [0.717, 1.165) is 36.6 Å². The molecule has 0 spiro atoms. The number of methoxy groups -OCH3 is 1. The second-order valence-electron chi connectivity index (χ2n) is 9.43. The van der Waals surface area contributed by atoms with Gasteiger partial charge in [0.1, 0.15) is 5.75 Å². The zero-order chi connectivity index (χ0) is 29.7. The zero-order valence-electron chi connectivity index (χ0n) is 22.8. The van der Waals surface area contributed by atoms with Crippen LogP contribution < -0.4 is 9.64 Å². The van der Waals surface area contributed by atoms with E-state index >= 15 is 0 Å². The van der Waals surface area contributed by atoms with E-state index < -0.39 is 23.5 Å². The maximum Gasteiger partial charge on any atom is 0.328 e. The van der Waals surface area contributed by atoms with Gasteiger partial charge in [0.05, 0.1) is 24.3 Å². The quantitative estimate of drug-likeness (QED) is 0.269. The van der Waals surface area contributed by atoms with Gasteiger partial charge in [-0.05, 0) is 43.0 Å². The van der Waals surface area contributed by atoms with Gasteiger partial charge in [-0.1, -0.05) is 54.9 Å². The second-order valence-corrected chi connectivity index (χ2v) is 9.83. The van der Waals surface area contributed by atoms with E-state index in [9.17, 15) is 19.5 Å². The highest BCUT2D eigenvalue weighted by atomic mass is 35.5. The van der Waals surface area contributed by atoms with Crippen molar-refractivity contribution in [1.29, 1.82) is 0 Å². The molecule has 3 N–H and O–H groups in total. The Morgan fingerprint density at radius 3 is 2.20 bits per heavy atom. The summed E-state index contributed by atoms with van der Waals surface area (Å²) in [4.78, 5) is 36.6. The summed E-state index contributed by atoms with van der Waals surface area (Å²) < 4.78 is 5.45. The summed E-state index contributed by atoms with van der Waals surface area (Å²) in [6.45, 7) is 8.35. The molecule has 1 aliphatic heterocycles. The lowest BCUT2D eigenvalue weighted by Crippen LogP contribution is -2.53. The Bertz CT molecular complexity index is 1180. The topological polar surface area (TPSA) is 128 Å². The summed E-state index contributed by atoms with van der Waals surface area (Å²) in [6.07, 6.45) is 4.78. The summed E-state index contributed by atoms with van der Waals surface area (Å²) >= 11 is 6.27. The van der Waals surface area contributed by atoms with E-state index in [1.165, 1.54) is 0 Å². The normalized spacial score (nSPS) is 15.4. The number of ether oxygens (including phenoxy) is 1. The minimum atomic E-state index is -1.26. The van der Waals surface area contributed by atoms with Gasteiger partial charge in [0.2, 0.25) is 5.91 Å². The van der Waals surface area contributed by atoms with Crippen LogP contribution in [0.4, 0.5) is 5.69 Å². The van der Waals surface area contributed by atoms with Gasteiger partial charge in [0, 0.05) is 43.4 Å². The molecule has 1 amide bonds. The van der Waals surface area contributed by atoms with E-state index in [1.807, 2.05) is 49.4 Å². The van der Waals surface area contributed by atoms with Crippen LogP contribution in [0.15, 0.2) is 73.3 Å². The number of likely N-dealkylation sites (tertiary alicyclic amines) is 1. The molecule has 2 aromatic rings. The molecule has 40 heavy (non-hydrogen) atoms. The lowest BCUT2D eigenvalue weighted by atomic mass is 9.79. The van der Waals surface area contributed by atoms with Gasteiger partial charge >= 0.3 is 11.9 Å². The number of hydrogen-bond donors (Lipinski definition) is 3. The third-order valence-electron chi connectivity index (χ3n) is 6.88. The summed E-state index contributed by atoms with van der Waals surface area (Å²) in [5.74, 6) is -2.56. The first-order valence-corrected chi connectivity index (χ1v) is 13.3. The number of carbonyl (C=O) groups excluding carboxylic acids is 1. The molecular formula is C30H37ClN2O7. The van der Waals surface area contributed by atoms with Crippen molar-refractivity contribution in [2.24, 2.45) is 5.92 Å². The number of rotatable bonds is 11. The molecule has 216 valence electrons.